The summed E-state index contributed by atoms with van der Waals surface area (Å²) in [6, 6.07) is 8.69. The van der Waals surface area contributed by atoms with E-state index in [1.54, 1.807) is 7.11 Å². The summed E-state index contributed by atoms with van der Waals surface area (Å²) in [4.78, 5) is 0. The molecular formula is C25H31F4NO2. The number of alkyl halides is 3. The number of fused-ring (bicyclic) bond motifs is 1. The smallest absolute Gasteiger partial charge is 0.419 e. The lowest BCUT2D eigenvalue weighted by Gasteiger charge is -2.33. The Kier molecular flexibility index (Phi) is 8.40. The van der Waals surface area contributed by atoms with Crippen molar-refractivity contribution < 1.29 is 27.0 Å². The van der Waals surface area contributed by atoms with E-state index in [1.165, 1.54) is 31.7 Å². The van der Waals surface area contributed by atoms with E-state index in [-0.39, 0.29) is 18.7 Å². The van der Waals surface area contributed by atoms with Crippen molar-refractivity contribution in [3.63, 3.8) is 0 Å². The first-order valence-corrected chi connectivity index (χ1v) is 11.3. The van der Waals surface area contributed by atoms with Crippen molar-refractivity contribution in [2.75, 3.05) is 7.11 Å². The number of methoxy groups -OCH3 is 1. The molecule has 0 saturated heterocycles. The van der Waals surface area contributed by atoms with Crippen LogP contribution in [0.5, 0.6) is 11.5 Å². The average molecular weight is 454 g/mol. The predicted octanol–water partition coefficient (Wildman–Crippen LogP) is 7.20. The minimum atomic E-state index is -4.70. The van der Waals surface area contributed by atoms with Gasteiger partial charge in [-0.3, -0.25) is 0 Å². The summed E-state index contributed by atoms with van der Waals surface area (Å²) in [5, 5.41) is 3.39. The maximum absolute atomic E-state index is 13.9. The van der Waals surface area contributed by atoms with Gasteiger partial charge in [-0.15, -0.1) is 0 Å². The zero-order valence-corrected chi connectivity index (χ0v) is 18.6. The molecule has 0 amide bonds. The summed E-state index contributed by atoms with van der Waals surface area (Å²) in [6.45, 7) is 2.45. The van der Waals surface area contributed by atoms with E-state index in [1.807, 2.05) is 18.2 Å². The maximum atomic E-state index is 13.9. The lowest BCUT2D eigenvalue weighted by Crippen LogP contribution is -2.33. The first-order valence-electron chi connectivity index (χ1n) is 11.3. The molecule has 3 rings (SSSR count). The molecule has 176 valence electrons. The molecular weight excluding hydrogens is 422 g/mol. The van der Waals surface area contributed by atoms with Gasteiger partial charge in [0.15, 0.2) is 0 Å². The van der Waals surface area contributed by atoms with Gasteiger partial charge in [0.1, 0.15) is 23.4 Å². The van der Waals surface area contributed by atoms with Gasteiger partial charge in [0, 0.05) is 30.6 Å². The highest BCUT2D eigenvalue weighted by atomic mass is 19.4. The van der Waals surface area contributed by atoms with Gasteiger partial charge in [0.2, 0.25) is 0 Å². The third-order valence-electron chi connectivity index (χ3n) is 5.91. The van der Waals surface area contributed by atoms with E-state index in [4.69, 9.17) is 9.47 Å². The highest BCUT2D eigenvalue weighted by molar-refractivity contribution is 5.44. The second kappa shape index (κ2) is 11.0. The van der Waals surface area contributed by atoms with Crippen LogP contribution >= 0.6 is 0 Å². The van der Waals surface area contributed by atoms with Crippen molar-refractivity contribution in [2.24, 2.45) is 0 Å². The van der Waals surface area contributed by atoms with E-state index in [9.17, 15) is 17.6 Å². The summed E-state index contributed by atoms with van der Waals surface area (Å²) in [5.74, 6) is 0.208. The predicted molar refractivity (Wildman–Crippen MR) is 116 cm³/mol. The van der Waals surface area contributed by atoms with Gasteiger partial charge in [0.25, 0.3) is 0 Å². The number of rotatable bonds is 10. The second-order valence-electron chi connectivity index (χ2n) is 8.33. The lowest BCUT2D eigenvalue weighted by atomic mass is 9.93. The largest absolute Gasteiger partial charge is 0.497 e. The molecule has 0 bridgehead atoms. The van der Waals surface area contributed by atoms with Crippen LogP contribution in [-0.4, -0.2) is 13.2 Å². The Balaban J connectivity index is 1.69. The second-order valence-corrected chi connectivity index (χ2v) is 8.33. The molecule has 0 aliphatic carbocycles. The summed E-state index contributed by atoms with van der Waals surface area (Å²) in [7, 11) is 1.60. The monoisotopic (exact) mass is 453 g/mol. The molecule has 0 saturated carbocycles. The minimum Gasteiger partial charge on any atom is -0.497 e. The highest BCUT2D eigenvalue weighted by Crippen LogP contribution is 2.39. The van der Waals surface area contributed by atoms with E-state index in [0.29, 0.717) is 11.3 Å². The SMILES string of the molecule is CCCCCCCC1CC(NCc2ccc(C(F)(F)F)c(F)c2)c2ccc(OC)cc2O1. The zero-order valence-electron chi connectivity index (χ0n) is 18.6. The normalized spacial score (nSPS) is 18.2. The molecule has 0 radical (unpaired) electrons. The summed E-state index contributed by atoms with van der Waals surface area (Å²) >= 11 is 0. The molecule has 2 unspecified atom stereocenters. The fourth-order valence-electron chi connectivity index (χ4n) is 4.13. The molecule has 1 aliphatic heterocycles. The lowest BCUT2D eigenvalue weighted by molar-refractivity contribution is -0.140. The van der Waals surface area contributed by atoms with E-state index in [0.717, 1.165) is 42.7 Å². The standard InChI is InChI=1S/C25H31F4NO2/c1-3-4-5-6-7-8-19-14-23(20-11-10-18(31-2)15-24(20)32-19)30-16-17-9-12-21(22(26)13-17)25(27,28)29/h9-13,15,19,23,30H,3-8,14,16H2,1-2H3. The topological polar surface area (TPSA) is 30.5 Å². The molecule has 0 fully saturated rings. The first kappa shape index (κ1) is 24.4. The number of ether oxygens (including phenoxy) is 2. The Morgan fingerprint density at radius 3 is 2.53 bits per heavy atom. The summed E-state index contributed by atoms with van der Waals surface area (Å²) in [5.41, 5.74) is 0.196. The minimum absolute atomic E-state index is 0.0399. The van der Waals surface area contributed by atoms with Gasteiger partial charge >= 0.3 is 6.18 Å². The van der Waals surface area contributed by atoms with Gasteiger partial charge in [-0.1, -0.05) is 44.7 Å². The number of benzene rings is 2. The number of nitrogens with one attached hydrogen (secondary N) is 1. The molecule has 1 heterocycles. The molecule has 0 aromatic heterocycles. The van der Waals surface area contributed by atoms with Gasteiger partial charge in [-0.25, -0.2) is 4.39 Å². The van der Waals surface area contributed by atoms with Gasteiger partial charge in [0.05, 0.1) is 12.7 Å². The van der Waals surface area contributed by atoms with Crippen LogP contribution < -0.4 is 14.8 Å². The first-order chi connectivity index (χ1) is 15.3. The van der Waals surface area contributed by atoms with Crippen molar-refractivity contribution in [3.8, 4) is 11.5 Å². The molecule has 2 atom stereocenters. The molecule has 2 aromatic carbocycles. The zero-order chi connectivity index (χ0) is 23.1. The van der Waals surface area contributed by atoms with Gasteiger partial charge < -0.3 is 14.8 Å². The van der Waals surface area contributed by atoms with Gasteiger partial charge in [-0.05, 0) is 36.6 Å². The number of halogens is 4. The third-order valence-corrected chi connectivity index (χ3v) is 5.91. The van der Waals surface area contributed by atoms with Crippen LogP contribution in [0.15, 0.2) is 36.4 Å². The summed E-state index contributed by atoms with van der Waals surface area (Å²) in [6.07, 6.45) is 2.93. The molecule has 32 heavy (non-hydrogen) atoms. The molecule has 1 N–H and O–H groups in total. The number of unbranched alkanes of at least 4 members (excludes halogenated alkanes) is 4. The van der Waals surface area contributed by atoms with Crippen LogP contribution in [0.1, 0.15) is 74.6 Å². The molecule has 2 aromatic rings. The van der Waals surface area contributed by atoms with Crippen molar-refractivity contribution in [3.05, 3.63) is 58.9 Å². The fraction of sp³-hybridized carbons (Fsp3) is 0.520. The van der Waals surface area contributed by atoms with Gasteiger partial charge in [-0.2, -0.15) is 13.2 Å². The quantitative estimate of drug-likeness (QED) is 0.305. The Morgan fingerprint density at radius 1 is 1.06 bits per heavy atom. The fourth-order valence-corrected chi connectivity index (χ4v) is 4.13. The van der Waals surface area contributed by atoms with Crippen molar-refractivity contribution >= 4 is 0 Å². The Hall–Kier alpha value is -2.28. The molecule has 1 aliphatic rings. The Morgan fingerprint density at radius 2 is 1.84 bits per heavy atom. The number of hydrogen-bond donors (Lipinski definition) is 1. The Bertz CT molecular complexity index is 885. The van der Waals surface area contributed by atoms with Crippen molar-refractivity contribution in [1.29, 1.82) is 0 Å². The van der Waals surface area contributed by atoms with E-state index < -0.39 is 17.6 Å². The van der Waals surface area contributed by atoms with Crippen molar-refractivity contribution in [2.45, 2.75) is 76.7 Å². The van der Waals surface area contributed by atoms with Crippen LogP contribution in [0.25, 0.3) is 0 Å². The van der Waals surface area contributed by atoms with Crippen LogP contribution in [0.3, 0.4) is 0 Å². The van der Waals surface area contributed by atoms with E-state index >= 15 is 0 Å². The molecule has 0 spiro atoms. The summed E-state index contributed by atoms with van der Waals surface area (Å²) < 4.78 is 63.9. The highest BCUT2D eigenvalue weighted by Gasteiger charge is 2.34. The Labute approximate surface area is 187 Å². The van der Waals surface area contributed by atoms with Crippen LogP contribution in [0.2, 0.25) is 0 Å². The van der Waals surface area contributed by atoms with Crippen LogP contribution in [-0.2, 0) is 12.7 Å². The van der Waals surface area contributed by atoms with Crippen molar-refractivity contribution in [1.82, 2.24) is 5.32 Å². The van der Waals surface area contributed by atoms with E-state index in [2.05, 4.69) is 12.2 Å². The molecule has 7 heteroatoms. The van der Waals surface area contributed by atoms with Crippen LogP contribution in [0.4, 0.5) is 17.6 Å². The van der Waals surface area contributed by atoms with Crippen LogP contribution in [0, 0.1) is 5.82 Å². The average Bonchev–Trinajstić information content (AvgIpc) is 2.76. The maximum Gasteiger partial charge on any atom is 0.419 e. The molecule has 3 nitrogen and oxygen atoms in total. The third kappa shape index (κ3) is 6.37. The number of hydrogen-bond acceptors (Lipinski definition) is 3.